The predicted octanol–water partition coefficient (Wildman–Crippen LogP) is 3.62. The van der Waals surface area contributed by atoms with Crippen molar-refractivity contribution in [1.29, 1.82) is 0 Å². The molecule has 0 fully saturated rings. The molecule has 0 radical (unpaired) electrons. The zero-order valence-corrected chi connectivity index (χ0v) is 20.8. The average Bonchev–Trinajstić information content (AvgIpc) is 3.18. The Labute approximate surface area is 205 Å². The molecular weight excluding hydrogens is 517 g/mol. The lowest BCUT2D eigenvalue weighted by atomic mass is 10.1. The van der Waals surface area contributed by atoms with Gasteiger partial charge < -0.3 is 25.3 Å². The monoisotopic (exact) mass is 547 g/mol. The summed E-state index contributed by atoms with van der Waals surface area (Å²) in [6.45, 7) is 4.35. The van der Waals surface area contributed by atoms with E-state index in [4.69, 9.17) is 4.74 Å². The SMILES string of the molecule is CN=C(NCCCN1C(=O)COc2ccccc21)NCCc1c[nH]c2cc(C)ccc12.I. The van der Waals surface area contributed by atoms with Crippen LogP contribution in [0.4, 0.5) is 5.69 Å². The number of aromatic amines is 1. The minimum Gasteiger partial charge on any atom is -0.482 e. The fourth-order valence-electron chi connectivity index (χ4n) is 3.89. The molecule has 1 aliphatic rings. The Balaban J connectivity index is 0.00000289. The lowest BCUT2D eigenvalue weighted by molar-refractivity contribution is -0.121. The highest BCUT2D eigenvalue weighted by Crippen LogP contribution is 2.31. The standard InChI is InChI=1S/C24H29N5O2.HI/c1-17-8-9-19-18(15-28-20(19)14-17)10-12-27-24(25-2)26-11-5-13-29-21-6-3-4-7-22(21)31-16-23(29)30;/h3-4,6-9,14-15,28H,5,10-13,16H2,1-2H3,(H2,25,26,27);1H. The van der Waals surface area contributed by atoms with Crippen LogP contribution in [0.3, 0.4) is 0 Å². The largest absolute Gasteiger partial charge is 0.482 e. The van der Waals surface area contributed by atoms with Gasteiger partial charge in [0.2, 0.25) is 0 Å². The van der Waals surface area contributed by atoms with E-state index in [0.717, 1.165) is 43.3 Å². The van der Waals surface area contributed by atoms with Crippen LogP contribution in [0.5, 0.6) is 5.75 Å². The molecule has 8 heteroatoms. The first-order valence-corrected chi connectivity index (χ1v) is 10.7. The number of para-hydroxylation sites is 2. The molecule has 0 bridgehead atoms. The number of carbonyl (C=O) groups is 1. The van der Waals surface area contributed by atoms with Crippen LogP contribution in [0.25, 0.3) is 10.9 Å². The first-order valence-electron chi connectivity index (χ1n) is 10.7. The first kappa shape index (κ1) is 23.9. The number of halogens is 1. The summed E-state index contributed by atoms with van der Waals surface area (Å²) in [7, 11) is 1.77. The van der Waals surface area contributed by atoms with Gasteiger partial charge in [0.05, 0.1) is 5.69 Å². The van der Waals surface area contributed by atoms with Crippen LogP contribution < -0.4 is 20.3 Å². The van der Waals surface area contributed by atoms with Gasteiger partial charge in [0.1, 0.15) is 5.75 Å². The lowest BCUT2D eigenvalue weighted by Gasteiger charge is -2.29. The van der Waals surface area contributed by atoms with Gasteiger partial charge >= 0.3 is 0 Å². The van der Waals surface area contributed by atoms with E-state index in [-0.39, 0.29) is 36.5 Å². The van der Waals surface area contributed by atoms with Crippen molar-refractivity contribution in [2.45, 2.75) is 19.8 Å². The number of aliphatic imine (C=N–C) groups is 1. The molecule has 170 valence electrons. The third kappa shape index (κ3) is 5.53. The molecule has 3 aromatic rings. The van der Waals surface area contributed by atoms with E-state index < -0.39 is 0 Å². The number of guanidine groups is 1. The van der Waals surface area contributed by atoms with Crippen LogP contribution in [0.1, 0.15) is 17.5 Å². The van der Waals surface area contributed by atoms with Crippen molar-refractivity contribution in [2.75, 3.05) is 38.2 Å². The third-order valence-corrected chi connectivity index (χ3v) is 5.49. The van der Waals surface area contributed by atoms with Gasteiger partial charge in [-0.15, -0.1) is 24.0 Å². The smallest absolute Gasteiger partial charge is 0.265 e. The molecule has 0 unspecified atom stereocenters. The highest BCUT2D eigenvalue weighted by Gasteiger charge is 2.24. The molecule has 32 heavy (non-hydrogen) atoms. The summed E-state index contributed by atoms with van der Waals surface area (Å²) in [5.74, 6) is 1.53. The zero-order valence-electron chi connectivity index (χ0n) is 18.5. The van der Waals surface area contributed by atoms with Crippen molar-refractivity contribution in [3.63, 3.8) is 0 Å². The fourth-order valence-corrected chi connectivity index (χ4v) is 3.89. The van der Waals surface area contributed by atoms with Crippen LogP contribution in [0.15, 0.2) is 53.7 Å². The van der Waals surface area contributed by atoms with Crippen molar-refractivity contribution in [1.82, 2.24) is 15.6 Å². The summed E-state index contributed by atoms with van der Waals surface area (Å²) in [6, 6.07) is 14.2. The molecule has 7 nitrogen and oxygen atoms in total. The van der Waals surface area contributed by atoms with Gasteiger partial charge in [0.15, 0.2) is 12.6 Å². The Morgan fingerprint density at radius 3 is 2.84 bits per heavy atom. The second kappa shape index (κ2) is 11.2. The number of hydrogen-bond acceptors (Lipinski definition) is 3. The summed E-state index contributed by atoms with van der Waals surface area (Å²) < 4.78 is 5.50. The van der Waals surface area contributed by atoms with Crippen molar-refractivity contribution in [3.8, 4) is 5.75 Å². The van der Waals surface area contributed by atoms with Gasteiger partial charge in [-0.3, -0.25) is 9.79 Å². The minimum atomic E-state index is -0.00451. The zero-order chi connectivity index (χ0) is 21.6. The molecule has 1 aromatic heterocycles. The Kier molecular flexibility index (Phi) is 8.38. The van der Waals surface area contributed by atoms with E-state index in [2.05, 4.69) is 51.9 Å². The average molecular weight is 547 g/mol. The number of aromatic nitrogens is 1. The molecule has 0 atom stereocenters. The maximum Gasteiger partial charge on any atom is 0.265 e. The topological polar surface area (TPSA) is 81.8 Å². The van der Waals surface area contributed by atoms with Gasteiger partial charge in [0, 0.05) is 43.8 Å². The van der Waals surface area contributed by atoms with E-state index >= 15 is 0 Å². The summed E-state index contributed by atoms with van der Waals surface area (Å²) in [5, 5.41) is 7.97. The Hall–Kier alpha value is -2.75. The van der Waals surface area contributed by atoms with Crippen LogP contribution in [0, 0.1) is 6.92 Å². The number of rotatable bonds is 7. The Morgan fingerprint density at radius 1 is 1.19 bits per heavy atom. The molecule has 0 saturated carbocycles. The quantitative estimate of drug-likeness (QED) is 0.183. The third-order valence-electron chi connectivity index (χ3n) is 5.49. The number of amides is 1. The number of aryl methyl sites for hydroxylation is 1. The summed E-state index contributed by atoms with van der Waals surface area (Å²) >= 11 is 0. The van der Waals surface area contributed by atoms with Crippen LogP contribution in [0.2, 0.25) is 0 Å². The van der Waals surface area contributed by atoms with Gasteiger partial charge in [-0.2, -0.15) is 0 Å². The predicted molar refractivity (Wildman–Crippen MR) is 140 cm³/mol. The minimum absolute atomic E-state index is 0. The van der Waals surface area contributed by atoms with E-state index in [1.165, 1.54) is 22.0 Å². The van der Waals surface area contributed by atoms with Crippen molar-refractivity contribution in [2.24, 2.45) is 4.99 Å². The fraction of sp³-hybridized carbons (Fsp3) is 0.333. The molecule has 2 aromatic carbocycles. The summed E-state index contributed by atoms with van der Waals surface area (Å²) in [4.78, 5) is 21.7. The number of nitrogens with one attached hydrogen (secondary N) is 3. The molecule has 0 saturated heterocycles. The highest BCUT2D eigenvalue weighted by molar-refractivity contribution is 14.0. The number of carbonyl (C=O) groups excluding carboxylic acids is 1. The van der Waals surface area contributed by atoms with Gasteiger partial charge in [-0.05, 0) is 49.1 Å². The molecule has 0 spiro atoms. The van der Waals surface area contributed by atoms with Gasteiger partial charge in [0.25, 0.3) is 5.91 Å². The Bertz CT molecular complexity index is 1090. The number of nitrogens with zero attached hydrogens (tertiary/aromatic N) is 2. The highest BCUT2D eigenvalue weighted by atomic mass is 127. The number of H-pyrrole nitrogens is 1. The maximum atomic E-state index is 12.2. The molecule has 1 amide bonds. The van der Waals surface area contributed by atoms with E-state index in [1.54, 1.807) is 11.9 Å². The number of benzene rings is 2. The maximum absolute atomic E-state index is 12.2. The molecule has 0 aliphatic carbocycles. The molecule has 4 rings (SSSR count). The first-order chi connectivity index (χ1) is 15.2. The van der Waals surface area contributed by atoms with E-state index in [9.17, 15) is 4.79 Å². The molecule has 2 heterocycles. The van der Waals surface area contributed by atoms with Crippen molar-refractivity contribution >= 4 is 52.4 Å². The second-order valence-corrected chi connectivity index (χ2v) is 7.69. The van der Waals surface area contributed by atoms with Gasteiger partial charge in [-0.25, -0.2) is 0 Å². The summed E-state index contributed by atoms with van der Waals surface area (Å²) in [5.41, 5.74) is 4.57. The van der Waals surface area contributed by atoms with Gasteiger partial charge in [-0.1, -0.05) is 24.3 Å². The van der Waals surface area contributed by atoms with Crippen LogP contribution >= 0.6 is 24.0 Å². The molecule has 3 N–H and O–H groups in total. The lowest BCUT2D eigenvalue weighted by Crippen LogP contribution is -2.42. The Morgan fingerprint density at radius 2 is 2.00 bits per heavy atom. The number of ether oxygens (including phenoxy) is 1. The van der Waals surface area contributed by atoms with E-state index in [1.807, 2.05) is 24.3 Å². The number of fused-ring (bicyclic) bond motifs is 2. The van der Waals surface area contributed by atoms with E-state index in [0.29, 0.717) is 6.54 Å². The van der Waals surface area contributed by atoms with Crippen LogP contribution in [-0.2, 0) is 11.2 Å². The molecular formula is C24H30IN5O2. The second-order valence-electron chi connectivity index (χ2n) is 7.69. The number of hydrogen-bond donors (Lipinski definition) is 3. The van der Waals surface area contributed by atoms with Crippen LogP contribution in [-0.4, -0.2) is 50.1 Å². The van der Waals surface area contributed by atoms with Crippen molar-refractivity contribution < 1.29 is 9.53 Å². The normalized spacial score (nSPS) is 13.4. The molecule has 1 aliphatic heterocycles. The van der Waals surface area contributed by atoms with Crippen molar-refractivity contribution in [3.05, 3.63) is 59.8 Å². The summed E-state index contributed by atoms with van der Waals surface area (Å²) in [6.07, 6.45) is 3.80. The number of anilines is 1.